The number of benzene rings is 1. The van der Waals surface area contributed by atoms with Crippen molar-refractivity contribution in [2.75, 3.05) is 19.4 Å². The van der Waals surface area contributed by atoms with Crippen LogP contribution < -0.4 is 10.6 Å². The van der Waals surface area contributed by atoms with Crippen molar-refractivity contribution in [2.24, 2.45) is 0 Å². The molecule has 2 atom stereocenters. The zero-order chi connectivity index (χ0) is 17.2. The van der Waals surface area contributed by atoms with Crippen molar-refractivity contribution in [3.05, 3.63) is 24.3 Å². The van der Waals surface area contributed by atoms with Gasteiger partial charge < -0.3 is 15.4 Å². The van der Waals surface area contributed by atoms with Gasteiger partial charge in [0.25, 0.3) is 0 Å². The number of rotatable bonds is 4. The highest BCUT2D eigenvalue weighted by molar-refractivity contribution is 7.89. The first-order valence-electron chi connectivity index (χ1n) is 7.01. The molecule has 1 fully saturated rings. The molecule has 0 aromatic heterocycles. The number of hydrogen-bond acceptors (Lipinski definition) is 5. The number of cyclic esters (lactones) is 1. The van der Waals surface area contributed by atoms with Crippen molar-refractivity contribution < 1.29 is 17.9 Å². The summed E-state index contributed by atoms with van der Waals surface area (Å²) in [6, 6.07) is 5.82. The van der Waals surface area contributed by atoms with Crippen LogP contribution in [0.5, 0.6) is 0 Å². The van der Waals surface area contributed by atoms with Crippen molar-refractivity contribution in [1.29, 1.82) is 0 Å². The minimum Gasteiger partial charge on any atom is -0.461 e. The van der Waals surface area contributed by atoms with Crippen LogP contribution in [0.4, 0.5) is 5.69 Å². The van der Waals surface area contributed by atoms with Crippen LogP contribution in [0.2, 0.25) is 0 Å². The van der Waals surface area contributed by atoms with Gasteiger partial charge in [-0.2, -0.15) is 0 Å². The minimum absolute atomic E-state index is 0.142. The molecule has 0 bridgehead atoms. The highest BCUT2D eigenvalue weighted by Crippen LogP contribution is 2.18. The maximum absolute atomic E-state index is 12.1. The number of thiocarbonyl (C=S) groups is 1. The Morgan fingerprint density at radius 3 is 2.65 bits per heavy atom. The van der Waals surface area contributed by atoms with Crippen molar-refractivity contribution in [1.82, 2.24) is 9.62 Å². The van der Waals surface area contributed by atoms with Gasteiger partial charge in [0.2, 0.25) is 10.0 Å². The quantitative estimate of drug-likeness (QED) is 0.612. The summed E-state index contributed by atoms with van der Waals surface area (Å²) in [5.74, 6) is -0.342. The number of hydrogen-bond donors (Lipinski definition) is 2. The van der Waals surface area contributed by atoms with Gasteiger partial charge in [-0.1, -0.05) is 6.07 Å². The summed E-state index contributed by atoms with van der Waals surface area (Å²) in [6.07, 6.45) is 0.395. The number of ether oxygens (including phenoxy) is 1. The van der Waals surface area contributed by atoms with E-state index in [-0.39, 0.29) is 22.1 Å². The van der Waals surface area contributed by atoms with Crippen LogP contribution in [0.25, 0.3) is 0 Å². The molecule has 1 saturated heterocycles. The van der Waals surface area contributed by atoms with Crippen LogP contribution in [0.15, 0.2) is 29.2 Å². The fourth-order valence-electron chi connectivity index (χ4n) is 2.15. The average Bonchev–Trinajstić information content (AvgIpc) is 2.76. The molecule has 23 heavy (non-hydrogen) atoms. The third-order valence-electron chi connectivity index (χ3n) is 3.35. The number of esters is 1. The fourth-order valence-corrected chi connectivity index (χ4v) is 3.35. The molecule has 1 heterocycles. The summed E-state index contributed by atoms with van der Waals surface area (Å²) in [5.41, 5.74) is 0.518. The number of carbonyl (C=O) groups excluding carboxylic acids is 1. The van der Waals surface area contributed by atoms with Gasteiger partial charge >= 0.3 is 5.97 Å². The van der Waals surface area contributed by atoms with E-state index in [0.29, 0.717) is 12.1 Å². The minimum atomic E-state index is -3.52. The van der Waals surface area contributed by atoms with E-state index in [0.717, 1.165) is 4.31 Å². The maximum atomic E-state index is 12.1. The maximum Gasteiger partial charge on any atom is 0.329 e. The van der Waals surface area contributed by atoms with Gasteiger partial charge in [0.1, 0.15) is 12.1 Å². The largest absolute Gasteiger partial charge is 0.461 e. The van der Waals surface area contributed by atoms with Crippen LogP contribution in [-0.4, -0.2) is 50.0 Å². The van der Waals surface area contributed by atoms with Gasteiger partial charge in [-0.05, 0) is 37.3 Å². The molecular weight excluding hydrogens is 338 g/mol. The molecule has 9 heteroatoms. The fraction of sp³-hybridized carbons (Fsp3) is 0.429. The molecule has 126 valence electrons. The summed E-state index contributed by atoms with van der Waals surface area (Å²) in [7, 11) is -0.585. The van der Waals surface area contributed by atoms with Gasteiger partial charge in [0, 0.05) is 26.2 Å². The number of sulfonamides is 1. The summed E-state index contributed by atoms with van der Waals surface area (Å²) in [5, 5.41) is 6.00. The van der Waals surface area contributed by atoms with Gasteiger partial charge in [0.05, 0.1) is 4.90 Å². The summed E-state index contributed by atoms with van der Waals surface area (Å²) < 4.78 is 30.4. The molecule has 1 aliphatic heterocycles. The monoisotopic (exact) mass is 357 g/mol. The Morgan fingerprint density at radius 1 is 1.39 bits per heavy atom. The third-order valence-corrected chi connectivity index (χ3v) is 5.38. The number of nitrogens with one attached hydrogen (secondary N) is 2. The summed E-state index contributed by atoms with van der Waals surface area (Å²) >= 11 is 5.16. The van der Waals surface area contributed by atoms with E-state index in [1.807, 2.05) is 6.92 Å². The molecule has 0 saturated carbocycles. The Morgan fingerprint density at radius 2 is 2.09 bits per heavy atom. The molecule has 7 nitrogen and oxygen atoms in total. The Hall–Kier alpha value is -1.71. The number of anilines is 1. The second-order valence-electron chi connectivity index (χ2n) is 5.45. The Bertz CT molecular complexity index is 718. The van der Waals surface area contributed by atoms with E-state index in [9.17, 15) is 13.2 Å². The van der Waals surface area contributed by atoms with Gasteiger partial charge in [0.15, 0.2) is 5.11 Å². The molecule has 1 aromatic carbocycles. The van der Waals surface area contributed by atoms with Crippen LogP contribution in [0.3, 0.4) is 0 Å². The molecule has 2 N–H and O–H groups in total. The Balaban J connectivity index is 2.06. The molecule has 0 aliphatic carbocycles. The second-order valence-corrected chi connectivity index (χ2v) is 8.01. The first kappa shape index (κ1) is 17.6. The van der Waals surface area contributed by atoms with Gasteiger partial charge in [-0.25, -0.2) is 17.5 Å². The van der Waals surface area contributed by atoms with Crippen LogP contribution in [0.1, 0.15) is 13.3 Å². The van der Waals surface area contributed by atoms with Crippen LogP contribution in [-0.2, 0) is 19.6 Å². The molecule has 0 amide bonds. The first-order valence-corrected chi connectivity index (χ1v) is 8.85. The molecule has 1 aliphatic rings. The molecule has 0 spiro atoms. The highest BCUT2D eigenvalue weighted by Gasteiger charge is 2.32. The standard InChI is InChI=1S/C14H19N3O4S2/c1-9-7-12(13(18)21-9)16-14(22)15-10-5-4-6-11(8-10)23(19,20)17(2)3/h4-6,8-9,12H,7H2,1-3H3,(H2,15,16,22)/t9-,12+/m0/s1. The smallest absolute Gasteiger partial charge is 0.329 e. The van der Waals surface area contributed by atoms with E-state index < -0.39 is 16.1 Å². The first-order chi connectivity index (χ1) is 10.7. The lowest BCUT2D eigenvalue weighted by atomic mass is 10.2. The highest BCUT2D eigenvalue weighted by atomic mass is 32.2. The lowest BCUT2D eigenvalue weighted by Crippen LogP contribution is -2.40. The molecule has 0 radical (unpaired) electrons. The summed E-state index contributed by atoms with van der Waals surface area (Å²) in [6.45, 7) is 1.81. The summed E-state index contributed by atoms with van der Waals surface area (Å²) in [4.78, 5) is 11.7. The van der Waals surface area contributed by atoms with Crippen LogP contribution >= 0.6 is 12.2 Å². The lowest BCUT2D eigenvalue weighted by Gasteiger charge is -2.15. The zero-order valence-corrected chi connectivity index (χ0v) is 14.7. The van der Waals surface area contributed by atoms with E-state index in [4.69, 9.17) is 17.0 Å². The SMILES string of the molecule is C[C@H]1C[C@@H](NC(=S)Nc2cccc(S(=O)(=O)N(C)C)c2)C(=O)O1. The van der Waals surface area contributed by atoms with Crippen molar-refractivity contribution in [3.8, 4) is 0 Å². The average molecular weight is 357 g/mol. The molecular formula is C14H19N3O4S2. The lowest BCUT2D eigenvalue weighted by molar-refractivity contribution is -0.142. The predicted octanol–water partition coefficient (Wildman–Crippen LogP) is 0.927. The third kappa shape index (κ3) is 4.18. The van der Waals surface area contributed by atoms with E-state index >= 15 is 0 Å². The molecule has 1 aromatic rings. The predicted molar refractivity (Wildman–Crippen MR) is 90.6 cm³/mol. The van der Waals surface area contributed by atoms with E-state index in [1.54, 1.807) is 12.1 Å². The van der Waals surface area contributed by atoms with Crippen molar-refractivity contribution >= 4 is 39.0 Å². The topological polar surface area (TPSA) is 87.7 Å². The Labute approximate surface area is 141 Å². The Kier molecular flexibility index (Phi) is 5.23. The molecule has 2 rings (SSSR count). The van der Waals surface area contributed by atoms with E-state index in [2.05, 4.69) is 10.6 Å². The van der Waals surface area contributed by atoms with Crippen LogP contribution in [0, 0.1) is 0 Å². The zero-order valence-electron chi connectivity index (χ0n) is 13.1. The number of carbonyl (C=O) groups is 1. The van der Waals surface area contributed by atoms with E-state index in [1.165, 1.54) is 26.2 Å². The van der Waals surface area contributed by atoms with Crippen molar-refractivity contribution in [2.45, 2.75) is 30.4 Å². The molecule has 0 unspecified atom stereocenters. The van der Waals surface area contributed by atoms with Gasteiger partial charge in [-0.15, -0.1) is 0 Å². The van der Waals surface area contributed by atoms with Gasteiger partial charge in [-0.3, -0.25) is 0 Å². The normalized spacial score (nSPS) is 21.1. The second kappa shape index (κ2) is 6.81. The number of nitrogens with zero attached hydrogens (tertiary/aromatic N) is 1. The van der Waals surface area contributed by atoms with Crippen molar-refractivity contribution in [3.63, 3.8) is 0 Å².